The molecule has 2 aliphatic rings. The maximum Gasteiger partial charge on any atom is 0.133 e. The van der Waals surface area contributed by atoms with Crippen LogP contribution >= 0.6 is 0 Å². The molecule has 0 spiro atoms. The summed E-state index contributed by atoms with van der Waals surface area (Å²) >= 11 is 0. The van der Waals surface area contributed by atoms with E-state index in [1.807, 2.05) is 60.4 Å². The predicted molar refractivity (Wildman–Crippen MR) is 164 cm³/mol. The Bertz CT molecular complexity index is 1290. The van der Waals surface area contributed by atoms with Gasteiger partial charge < -0.3 is 15.0 Å². The average molecular weight is 580 g/mol. The molecule has 5 rings (SSSR count). The Hall–Kier alpha value is -3.03. The van der Waals surface area contributed by atoms with E-state index in [4.69, 9.17) is 4.74 Å². The highest BCUT2D eigenvalue weighted by Crippen LogP contribution is 2.43. The summed E-state index contributed by atoms with van der Waals surface area (Å²) in [5, 5.41) is 3.44. The second-order valence-electron chi connectivity index (χ2n) is 12.5. The smallest absolute Gasteiger partial charge is 0.133 e. The van der Waals surface area contributed by atoms with Crippen molar-refractivity contribution in [1.82, 2.24) is 10.2 Å². The van der Waals surface area contributed by atoms with Crippen LogP contribution in [0.3, 0.4) is 0 Å². The summed E-state index contributed by atoms with van der Waals surface area (Å²) in [6, 6.07) is 17.7. The highest BCUT2D eigenvalue weighted by Gasteiger charge is 2.39. The van der Waals surface area contributed by atoms with Crippen LogP contribution in [0, 0.1) is 11.6 Å². The van der Waals surface area contributed by atoms with Crippen LogP contribution in [-0.2, 0) is 13.0 Å². The quantitative estimate of drug-likeness (QED) is 0.312. The molecule has 3 aromatic carbocycles. The number of rotatable bonds is 7. The number of ether oxygens (including phenoxy) is 1. The molecule has 0 aromatic heterocycles. The Morgan fingerprint density at radius 2 is 1.62 bits per heavy atom. The Labute approximate surface area is 248 Å². The lowest BCUT2D eigenvalue weighted by Gasteiger charge is -2.44. The third-order valence-corrected chi connectivity index (χ3v) is 8.39. The van der Waals surface area contributed by atoms with Gasteiger partial charge in [0, 0.05) is 36.9 Å². The van der Waals surface area contributed by atoms with Gasteiger partial charge in [0.15, 0.2) is 0 Å². The molecule has 42 heavy (non-hydrogen) atoms. The number of fused-ring (bicyclic) bond motifs is 1. The van der Waals surface area contributed by atoms with Crippen molar-refractivity contribution in [3.05, 3.63) is 94.6 Å². The molecule has 2 atom stereocenters. The summed E-state index contributed by atoms with van der Waals surface area (Å²) in [4.78, 5) is 4.02. The molecule has 2 aliphatic heterocycles. The molecule has 1 saturated heterocycles. The van der Waals surface area contributed by atoms with E-state index in [1.54, 1.807) is 0 Å². The van der Waals surface area contributed by atoms with Crippen LogP contribution in [0.5, 0.6) is 5.75 Å². The second-order valence-corrected chi connectivity index (χ2v) is 12.5. The van der Waals surface area contributed by atoms with E-state index in [1.165, 1.54) is 26.0 Å². The van der Waals surface area contributed by atoms with Gasteiger partial charge in [0.2, 0.25) is 0 Å². The molecule has 2 heterocycles. The molecule has 1 N–H and O–H groups in total. The number of anilines is 1. The van der Waals surface area contributed by atoms with Gasteiger partial charge in [0.25, 0.3) is 0 Å². The minimum Gasteiger partial charge on any atom is -0.489 e. The molecule has 4 nitrogen and oxygen atoms in total. The number of benzene rings is 3. The van der Waals surface area contributed by atoms with Gasteiger partial charge in [-0.05, 0) is 100 Å². The van der Waals surface area contributed by atoms with Crippen LogP contribution in [0.1, 0.15) is 74.8 Å². The molecule has 1 unspecified atom stereocenters. The van der Waals surface area contributed by atoms with Gasteiger partial charge in [-0.3, -0.25) is 4.90 Å². The maximum atomic E-state index is 16.2. The van der Waals surface area contributed by atoms with Crippen molar-refractivity contribution in [2.24, 2.45) is 0 Å². The maximum absolute atomic E-state index is 16.2. The van der Waals surface area contributed by atoms with Crippen molar-refractivity contribution in [2.45, 2.75) is 77.2 Å². The minimum atomic E-state index is -1.54. The van der Waals surface area contributed by atoms with E-state index in [0.717, 1.165) is 68.6 Å². The standard InChI is InChI=1S/C35H44F3N3O/c1-25-19-27-20-29(42-23-26-11-6-4-7-12-26)13-14-30(27)34(41(25)24-35(2,3)38)33-31(36)21-28(22-32(33)37)40-17-9-5-8-15-39-16-10-18-40/h4,6-7,11-14,20-22,25,34,39H,5,8-10,15-19,23-24H2,1-3H3/t25-,34?/m1/s1. The van der Waals surface area contributed by atoms with E-state index in [2.05, 4.69) is 10.2 Å². The van der Waals surface area contributed by atoms with Crippen molar-refractivity contribution in [2.75, 3.05) is 37.6 Å². The van der Waals surface area contributed by atoms with Crippen LogP contribution in [0.2, 0.25) is 0 Å². The van der Waals surface area contributed by atoms with Crippen molar-refractivity contribution in [3.63, 3.8) is 0 Å². The monoisotopic (exact) mass is 579 g/mol. The third-order valence-electron chi connectivity index (χ3n) is 8.39. The highest BCUT2D eigenvalue weighted by atomic mass is 19.1. The lowest BCUT2D eigenvalue weighted by atomic mass is 9.83. The van der Waals surface area contributed by atoms with Gasteiger partial charge >= 0.3 is 0 Å². The van der Waals surface area contributed by atoms with Crippen molar-refractivity contribution in [1.29, 1.82) is 0 Å². The minimum absolute atomic E-state index is 0.0171. The first-order valence-electron chi connectivity index (χ1n) is 15.4. The van der Waals surface area contributed by atoms with Crippen LogP contribution < -0.4 is 15.0 Å². The van der Waals surface area contributed by atoms with Gasteiger partial charge in [0.1, 0.15) is 29.7 Å². The molecule has 1 fully saturated rings. The highest BCUT2D eigenvalue weighted by molar-refractivity contribution is 5.52. The normalized spacial score (nSPS) is 20.7. The van der Waals surface area contributed by atoms with Gasteiger partial charge in [-0.1, -0.05) is 42.8 Å². The molecule has 226 valence electrons. The summed E-state index contributed by atoms with van der Waals surface area (Å²) in [5.41, 5.74) is 1.84. The number of alkyl halides is 1. The zero-order chi connectivity index (χ0) is 29.7. The summed E-state index contributed by atoms with van der Waals surface area (Å²) in [6.07, 6.45) is 4.71. The lowest BCUT2D eigenvalue weighted by Crippen LogP contribution is -2.48. The largest absolute Gasteiger partial charge is 0.489 e. The number of nitrogens with one attached hydrogen (secondary N) is 1. The first-order chi connectivity index (χ1) is 20.2. The molecule has 0 saturated carbocycles. The molecule has 3 aromatic rings. The van der Waals surface area contributed by atoms with Crippen LogP contribution in [0.25, 0.3) is 0 Å². The lowest BCUT2D eigenvalue weighted by molar-refractivity contribution is 0.0652. The zero-order valence-electron chi connectivity index (χ0n) is 25.1. The number of hydrogen-bond acceptors (Lipinski definition) is 4. The van der Waals surface area contributed by atoms with Gasteiger partial charge in [0.05, 0.1) is 6.04 Å². The van der Waals surface area contributed by atoms with E-state index >= 15 is 13.2 Å². The topological polar surface area (TPSA) is 27.7 Å². The van der Waals surface area contributed by atoms with E-state index < -0.39 is 23.3 Å². The Morgan fingerprint density at radius 1 is 0.905 bits per heavy atom. The van der Waals surface area contributed by atoms with Crippen molar-refractivity contribution in [3.8, 4) is 5.75 Å². The third kappa shape index (κ3) is 7.48. The molecular formula is C35H44F3N3O. The van der Waals surface area contributed by atoms with Crippen LogP contribution in [0.15, 0.2) is 60.7 Å². The van der Waals surface area contributed by atoms with E-state index in [-0.39, 0.29) is 18.2 Å². The number of halogens is 3. The zero-order valence-corrected chi connectivity index (χ0v) is 25.1. The second kappa shape index (κ2) is 13.5. The van der Waals surface area contributed by atoms with E-state index in [9.17, 15) is 0 Å². The molecule has 0 amide bonds. The molecular weight excluding hydrogens is 535 g/mol. The van der Waals surface area contributed by atoms with Crippen molar-refractivity contribution < 1.29 is 17.9 Å². The fourth-order valence-corrected chi connectivity index (χ4v) is 6.36. The van der Waals surface area contributed by atoms with Gasteiger partial charge in [-0.25, -0.2) is 13.2 Å². The van der Waals surface area contributed by atoms with Gasteiger partial charge in [-0.15, -0.1) is 0 Å². The van der Waals surface area contributed by atoms with E-state index in [0.29, 0.717) is 24.5 Å². The summed E-state index contributed by atoms with van der Waals surface area (Å²) in [6.45, 7) is 8.95. The number of hydrogen-bond donors (Lipinski definition) is 1. The first kappa shape index (κ1) is 30.4. The fraction of sp³-hybridized carbons (Fsp3) is 0.486. The fourth-order valence-electron chi connectivity index (χ4n) is 6.36. The SMILES string of the molecule is C[C@@H]1Cc2cc(OCc3ccccc3)ccc2C(c2c(F)cc(N3CCCCCNCCC3)cc2F)N1CC(C)(C)F. The molecule has 0 bridgehead atoms. The van der Waals surface area contributed by atoms with Crippen LogP contribution in [0.4, 0.5) is 18.9 Å². The molecule has 7 heteroatoms. The Morgan fingerprint density at radius 3 is 2.36 bits per heavy atom. The summed E-state index contributed by atoms with van der Waals surface area (Å²) < 4.78 is 53.5. The summed E-state index contributed by atoms with van der Waals surface area (Å²) in [5.74, 6) is -0.468. The summed E-state index contributed by atoms with van der Waals surface area (Å²) in [7, 11) is 0. The molecule has 0 radical (unpaired) electrons. The number of nitrogens with zero attached hydrogens (tertiary/aromatic N) is 2. The Kier molecular flexibility index (Phi) is 9.79. The Balaban J connectivity index is 1.48. The van der Waals surface area contributed by atoms with Crippen LogP contribution in [-0.4, -0.2) is 49.3 Å². The van der Waals surface area contributed by atoms with Gasteiger partial charge in [-0.2, -0.15) is 0 Å². The average Bonchev–Trinajstić information content (AvgIpc) is 2.95. The molecule has 0 aliphatic carbocycles. The van der Waals surface area contributed by atoms with Crippen molar-refractivity contribution >= 4 is 5.69 Å². The predicted octanol–water partition coefficient (Wildman–Crippen LogP) is 7.60. The first-order valence-corrected chi connectivity index (χ1v) is 15.4.